The number of fused-ring (bicyclic) bond motifs is 1. The summed E-state index contributed by atoms with van der Waals surface area (Å²) in [5, 5.41) is 7.45. The second-order valence-corrected chi connectivity index (χ2v) is 8.66. The van der Waals surface area contributed by atoms with E-state index in [1.165, 1.54) is 17.6 Å². The van der Waals surface area contributed by atoms with E-state index in [0.717, 1.165) is 15.6 Å². The summed E-state index contributed by atoms with van der Waals surface area (Å²) in [6.07, 6.45) is 1.33. The van der Waals surface area contributed by atoms with Crippen LogP contribution < -0.4 is 15.5 Å². The molecule has 2 N–H and O–H groups in total. The van der Waals surface area contributed by atoms with E-state index >= 15 is 0 Å². The van der Waals surface area contributed by atoms with Gasteiger partial charge in [0.25, 0.3) is 0 Å². The summed E-state index contributed by atoms with van der Waals surface area (Å²) >= 11 is 7.61. The highest BCUT2D eigenvalue weighted by molar-refractivity contribution is 7.21. The molecule has 7 nitrogen and oxygen atoms in total. The van der Waals surface area contributed by atoms with E-state index < -0.39 is 17.8 Å². The van der Waals surface area contributed by atoms with E-state index in [0.29, 0.717) is 21.2 Å². The molecule has 4 aromatic rings. The zero-order valence-corrected chi connectivity index (χ0v) is 19.4. The molecule has 170 valence electrons. The summed E-state index contributed by atoms with van der Waals surface area (Å²) in [4.78, 5) is 36.9. The second-order valence-electron chi connectivity index (χ2n) is 7.23. The van der Waals surface area contributed by atoms with Gasteiger partial charge >= 0.3 is 17.8 Å². The summed E-state index contributed by atoms with van der Waals surface area (Å²) in [6, 6.07) is 21.1. The molecule has 0 unspecified atom stereocenters. The maximum Gasteiger partial charge on any atom is 0.355 e. The Bertz CT molecular complexity index is 1430. The van der Waals surface area contributed by atoms with Crippen molar-refractivity contribution in [1.82, 2.24) is 5.43 Å². The molecule has 0 aliphatic rings. The number of ether oxygens (including phenoxy) is 1. The number of hydrazone groups is 1. The minimum Gasteiger partial charge on any atom is -0.422 e. The Balaban J connectivity index is 1.37. The molecule has 0 saturated carbocycles. The highest BCUT2D eigenvalue weighted by atomic mass is 35.5. The first kappa shape index (κ1) is 23.2. The number of esters is 1. The molecular weight excluding hydrogens is 474 g/mol. The smallest absolute Gasteiger partial charge is 0.355 e. The maximum atomic E-state index is 12.6. The van der Waals surface area contributed by atoms with Gasteiger partial charge in [0.05, 0.1) is 11.2 Å². The molecule has 0 radical (unpaired) electrons. The van der Waals surface area contributed by atoms with Crippen molar-refractivity contribution >= 4 is 62.7 Å². The minimum atomic E-state index is -0.917. The Labute approximate surface area is 204 Å². The van der Waals surface area contributed by atoms with Crippen molar-refractivity contribution in [2.45, 2.75) is 6.92 Å². The molecule has 0 atom stereocenters. The number of carbonyl (C=O) groups is 3. The fourth-order valence-electron chi connectivity index (χ4n) is 3.08. The van der Waals surface area contributed by atoms with Crippen molar-refractivity contribution in [3.63, 3.8) is 0 Å². The van der Waals surface area contributed by atoms with Crippen molar-refractivity contribution < 1.29 is 19.1 Å². The summed E-state index contributed by atoms with van der Waals surface area (Å²) in [6.45, 7) is 1.88. The van der Waals surface area contributed by atoms with E-state index in [4.69, 9.17) is 16.3 Å². The Hall–Kier alpha value is -4.01. The van der Waals surface area contributed by atoms with Gasteiger partial charge in [0.1, 0.15) is 10.6 Å². The third kappa shape index (κ3) is 5.48. The molecule has 2 amide bonds. The highest BCUT2D eigenvalue weighted by Crippen LogP contribution is 2.35. The van der Waals surface area contributed by atoms with Crippen molar-refractivity contribution in [3.8, 4) is 5.75 Å². The molecule has 4 rings (SSSR count). The summed E-state index contributed by atoms with van der Waals surface area (Å²) in [5.74, 6) is -2.04. The highest BCUT2D eigenvalue weighted by Gasteiger charge is 2.19. The van der Waals surface area contributed by atoms with Gasteiger partial charge < -0.3 is 10.1 Å². The van der Waals surface area contributed by atoms with Crippen molar-refractivity contribution in [2.75, 3.05) is 5.32 Å². The van der Waals surface area contributed by atoms with E-state index in [1.807, 2.05) is 37.3 Å². The number of aryl methyl sites for hydroxylation is 1. The minimum absolute atomic E-state index is 0.283. The number of nitrogens with one attached hydrogen (secondary N) is 2. The number of nitrogens with zero attached hydrogens (tertiary/aromatic N) is 1. The summed E-state index contributed by atoms with van der Waals surface area (Å²) in [7, 11) is 0. The number of hydrogen-bond acceptors (Lipinski definition) is 6. The molecule has 0 saturated heterocycles. The number of benzene rings is 3. The first-order chi connectivity index (χ1) is 16.4. The Morgan fingerprint density at radius 3 is 2.56 bits per heavy atom. The first-order valence-corrected chi connectivity index (χ1v) is 11.3. The molecule has 0 bridgehead atoms. The summed E-state index contributed by atoms with van der Waals surface area (Å²) < 4.78 is 6.36. The molecule has 9 heteroatoms. The third-order valence-corrected chi connectivity index (χ3v) is 6.31. The van der Waals surface area contributed by atoms with Crippen molar-refractivity contribution in [3.05, 3.63) is 93.8 Å². The van der Waals surface area contributed by atoms with Crippen LogP contribution in [0.4, 0.5) is 5.69 Å². The average molecular weight is 492 g/mol. The normalized spacial score (nSPS) is 10.9. The first-order valence-electron chi connectivity index (χ1n) is 10.1. The number of rotatable bonds is 5. The molecule has 0 aliphatic carbocycles. The molecule has 34 heavy (non-hydrogen) atoms. The van der Waals surface area contributed by atoms with Crippen LogP contribution in [0, 0.1) is 6.92 Å². The predicted octanol–water partition coefficient (Wildman–Crippen LogP) is 5.17. The van der Waals surface area contributed by atoms with Gasteiger partial charge in [-0.25, -0.2) is 10.2 Å². The number of halogens is 1. The third-order valence-electron chi connectivity index (χ3n) is 4.65. The molecule has 1 heterocycles. The van der Waals surface area contributed by atoms with Crippen LogP contribution in [0.2, 0.25) is 5.02 Å². The Kier molecular flexibility index (Phi) is 7.01. The lowest BCUT2D eigenvalue weighted by molar-refractivity contribution is -0.136. The zero-order chi connectivity index (χ0) is 24.1. The van der Waals surface area contributed by atoms with Gasteiger partial charge in [-0.1, -0.05) is 54.1 Å². The van der Waals surface area contributed by atoms with Gasteiger partial charge in [-0.3, -0.25) is 9.59 Å². The number of amides is 2. The monoisotopic (exact) mass is 491 g/mol. The van der Waals surface area contributed by atoms with Gasteiger partial charge in [0.2, 0.25) is 0 Å². The van der Waals surface area contributed by atoms with Crippen LogP contribution in [-0.2, 0) is 9.59 Å². The second kappa shape index (κ2) is 10.3. The van der Waals surface area contributed by atoms with Gasteiger partial charge in [0.15, 0.2) is 0 Å². The SMILES string of the molecule is Cc1cccc(NC(=O)C(=O)N/N=C/c2cccc(OC(=O)c3sc4ccccc4c3Cl)c2)c1. The molecule has 3 aromatic carbocycles. The number of anilines is 1. The lowest BCUT2D eigenvalue weighted by atomic mass is 10.2. The van der Waals surface area contributed by atoms with Crippen LogP contribution in [0.1, 0.15) is 20.8 Å². The zero-order valence-electron chi connectivity index (χ0n) is 17.9. The van der Waals surface area contributed by atoms with Crippen molar-refractivity contribution in [2.24, 2.45) is 5.10 Å². The molecule has 1 aromatic heterocycles. The van der Waals surface area contributed by atoms with Gasteiger partial charge in [-0.05, 0) is 48.4 Å². The molecular formula is C25H18ClN3O4S. The summed E-state index contributed by atoms with van der Waals surface area (Å²) in [5.41, 5.74) is 4.18. The van der Waals surface area contributed by atoms with Crippen LogP contribution in [-0.4, -0.2) is 24.0 Å². The lowest BCUT2D eigenvalue weighted by Crippen LogP contribution is -2.32. The van der Waals surface area contributed by atoms with E-state index in [1.54, 1.807) is 42.5 Å². The maximum absolute atomic E-state index is 12.6. The van der Waals surface area contributed by atoms with Crippen LogP contribution in [0.3, 0.4) is 0 Å². The fraction of sp³-hybridized carbons (Fsp3) is 0.0400. The van der Waals surface area contributed by atoms with Crippen LogP contribution in [0.25, 0.3) is 10.1 Å². The Morgan fingerprint density at radius 1 is 0.971 bits per heavy atom. The lowest BCUT2D eigenvalue weighted by Gasteiger charge is -2.05. The van der Waals surface area contributed by atoms with Crippen LogP contribution >= 0.6 is 22.9 Å². The number of thiophene rings is 1. The van der Waals surface area contributed by atoms with E-state index in [9.17, 15) is 14.4 Å². The van der Waals surface area contributed by atoms with Gasteiger partial charge in [0, 0.05) is 15.8 Å². The number of hydrogen-bond donors (Lipinski definition) is 2. The molecule has 0 aliphatic heterocycles. The quantitative estimate of drug-likeness (QED) is 0.132. The van der Waals surface area contributed by atoms with Gasteiger partial charge in [-0.15, -0.1) is 11.3 Å². The molecule has 0 spiro atoms. The topological polar surface area (TPSA) is 96.9 Å². The largest absolute Gasteiger partial charge is 0.422 e. The predicted molar refractivity (Wildman–Crippen MR) is 134 cm³/mol. The van der Waals surface area contributed by atoms with Gasteiger partial charge in [-0.2, -0.15) is 5.10 Å². The Morgan fingerprint density at radius 2 is 1.76 bits per heavy atom. The van der Waals surface area contributed by atoms with Crippen LogP contribution in [0.15, 0.2) is 77.9 Å². The fourth-order valence-corrected chi connectivity index (χ4v) is 4.47. The molecule has 0 fully saturated rings. The van der Waals surface area contributed by atoms with Crippen LogP contribution in [0.5, 0.6) is 5.75 Å². The van der Waals surface area contributed by atoms with Crippen molar-refractivity contribution in [1.29, 1.82) is 0 Å². The average Bonchev–Trinajstić information content (AvgIpc) is 3.16. The van der Waals surface area contributed by atoms with E-state index in [2.05, 4.69) is 15.8 Å². The number of carbonyl (C=O) groups excluding carboxylic acids is 3. The van der Waals surface area contributed by atoms with E-state index in [-0.39, 0.29) is 5.75 Å². The standard InChI is InChI=1S/C25H18ClN3O4S/c1-15-6-4-8-17(12-15)28-23(30)24(31)29-27-14-16-7-5-9-18(13-16)33-25(32)22-21(26)19-10-2-3-11-20(19)34-22/h2-14H,1H3,(H,28,30)(H,29,31)/b27-14+.